The Morgan fingerprint density at radius 2 is 2.15 bits per heavy atom. The lowest BCUT2D eigenvalue weighted by Crippen LogP contribution is -2.34. The molecule has 0 radical (unpaired) electrons. The summed E-state index contributed by atoms with van der Waals surface area (Å²) in [6.45, 7) is 2.43. The minimum absolute atomic E-state index is 0.0407. The van der Waals surface area contributed by atoms with Crippen LogP contribution in [0.25, 0.3) is 0 Å². The highest BCUT2D eigenvalue weighted by molar-refractivity contribution is 5.96. The number of nitrogens with zero attached hydrogens (tertiary/aromatic N) is 1. The predicted octanol–water partition coefficient (Wildman–Crippen LogP) is 1.45. The molecule has 1 N–H and O–H groups in total. The van der Waals surface area contributed by atoms with Gasteiger partial charge in [-0.15, -0.1) is 0 Å². The first-order chi connectivity index (χ1) is 13.0. The SMILES string of the molecule is CCOc1cc(C(=O)OCC(=O)NC[C@H]2CCCO2)c([N+](=O)[O-])cc1OC. The van der Waals surface area contributed by atoms with Gasteiger partial charge in [-0.05, 0) is 19.8 Å². The van der Waals surface area contributed by atoms with Crippen LogP contribution >= 0.6 is 0 Å². The molecule has 0 aromatic heterocycles. The number of nitrogens with one attached hydrogen (secondary N) is 1. The molecule has 1 heterocycles. The Bertz CT molecular complexity index is 700. The summed E-state index contributed by atoms with van der Waals surface area (Å²) in [7, 11) is 1.33. The van der Waals surface area contributed by atoms with E-state index in [9.17, 15) is 19.7 Å². The van der Waals surface area contributed by atoms with E-state index in [2.05, 4.69) is 5.32 Å². The molecule has 0 unspecified atom stereocenters. The lowest BCUT2D eigenvalue weighted by atomic mass is 10.1. The second-order valence-corrected chi connectivity index (χ2v) is 5.73. The van der Waals surface area contributed by atoms with Gasteiger partial charge >= 0.3 is 5.97 Å². The van der Waals surface area contributed by atoms with E-state index in [1.165, 1.54) is 13.2 Å². The molecule has 1 fully saturated rings. The maximum Gasteiger partial charge on any atom is 0.345 e. The molecule has 27 heavy (non-hydrogen) atoms. The molecule has 0 saturated carbocycles. The Morgan fingerprint density at radius 3 is 2.74 bits per heavy atom. The number of nitro groups is 1. The number of rotatable bonds is 9. The van der Waals surface area contributed by atoms with Crippen molar-refractivity contribution in [2.45, 2.75) is 25.9 Å². The summed E-state index contributed by atoms with van der Waals surface area (Å²) in [5.74, 6) is -1.23. The number of hydrogen-bond donors (Lipinski definition) is 1. The third-order valence-corrected chi connectivity index (χ3v) is 3.88. The Labute approximate surface area is 155 Å². The Kier molecular flexibility index (Phi) is 7.35. The van der Waals surface area contributed by atoms with E-state index < -0.39 is 29.1 Å². The molecule has 0 bridgehead atoms. The Hall–Kier alpha value is -2.88. The molecule has 0 spiro atoms. The Morgan fingerprint density at radius 1 is 1.37 bits per heavy atom. The standard InChI is InChI=1S/C17H22N2O8/c1-3-25-15-7-12(13(19(22)23)8-14(15)24-2)17(21)27-10-16(20)18-9-11-5-4-6-26-11/h7-8,11H,3-6,9-10H2,1-2H3,(H,18,20)/t11-/m1/s1. The van der Waals surface area contributed by atoms with Crippen LogP contribution in [0.15, 0.2) is 12.1 Å². The number of amides is 1. The van der Waals surface area contributed by atoms with Crippen LogP contribution in [0.4, 0.5) is 5.69 Å². The van der Waals surface area contributed by atoms with Gasteiger partial charge in [0.25, 0.3) is 11.6 Å². The highest BCUT2D eigenvalue weighted by Crippen LogP contribution is 2.35. The van der Waals surface area contributed by atoms with Crippen LogP contribution in [0, 0.1) is 10.1 Å². The van der Waals surface area contributed by atoms with Crippen LogP contribution in [0.1, 0.15) is 30.1 Å². The maximum absolute atomic E-state index is 12.3. The zero-order valence-electron chi connectivity index (χ0n) is 15.2. The maximum atomic E-state index is 12.3. The molecule has 1 aromatic carbocycles. The van der Waals surface area contributed by atoms with E-state index in [0.29, 0.717) is 13.2 Å². The molecular weight excluding hydrogens is 360 g/mol. The second-order valence-electron chi connectivity index (χ2n) is 5.73. The van der Waals surface area contributed by atoms with E-state index >= 15 is 0 Å². The lowest BCUT2D eigenvalue weighted by Gasteiger charge is -2.12. The van der Waals surface area contributed by atoms with Crippen molar-refractivity contribution >= 4 is 17.6 Å². The molecule has 1 saturated heterocycles. The smallest absolute Gasteiger partial charge is 0.345 e. The number of esters is 1. The van der Waals surface area contributed by atoms with Crippen molar-refractivity contribution < 1.29 is 33.5 Å². The van der Waals surface area contributed by atoms with E-state index in [-0.39, 0.29) is 29.8 Å². The van der Waals surface area contributed by atoms with Gasteiger partial charge in [-0.2, -0.15) is 0 Å². The average Bonchev–Trinajstić information content (AvgIpc) is 3.17. The molecule has 1 atom stereocenters. The van der Waals surface area contributed by atoms with Crippen molar-refractivity contribution in [1.29, 1.82) is 0 Å². The van der Waals surface area contributed by atoms with E-state index in [0.717, 1.165) is 18.9 Å². The van der Waals surface area contributed by atoms with Gasteiger partial charge in [-0.1, -0.05) is 0 Å². The van der Waals surface area contributed by atoms with E-state index in [1.807, 2.05) is 0 Å². The first-order valence-corrected chi connectivity index (χ1v) is 8.50. The first-order valence-electron chi connectivity index (χ1n) is 8.50. The number of carbonyl (C=O) groups excluding carboxylic acids is 2. The minimum Gasteiger partial charge on any atom is -0.493 e. The first kappa shape index (κ1) is 20.4. The fourth-order valence-electron chi connectivity index (χ4n) is 2.58. The number of carbonyl (C=O) groups is 2. The molecule has 1 amide bonds. The van der Waals surface area contributed by atoms with Gasteiger partial charge in [-0.25, -0.2) is 4.79 Å². The molecule has 1 aromatic rings. The number of benzene rings is 1. The molecule has 1 aliphatic heterocycles. The number of hydrogen-bond acceptors (Lipinski definition) is 8. The number of nitro benzene ring substituents is 1. The molecular formula is C17H22N2O8. The molecule has 2 rings (SSSR count). The molecule has 0 aliphatic carbocycles. The van der Waals surface area contributed by atoms with Crippen LogP contribution in [-0.2, 0) is 14.3 Å². The number of ether oxygens (including phenoxy) is 4. The third kappa shape index (κ3) is 5.55. The van der Waals surface area contributed by atoms with Gasteiger partial charge in [0.2, 0.25) is 0 Å². The van der Waals surface area contributed by atoms with Gasteiger partial charge < -0.3 is 24.3 Å². The van der Waals surface area contributed by atoms with Gasteiger partial charge in [0, 0.05) is 19.2 Å². The lowest BCUT2D eigenvalue weighted by molar-refractivity contribution is -0.385. The van der Waals surface area contributed by atoms with Crippen molar-refractivity contribution in [3.8, 4) is 11.5 Å². The third-order valence-electron chi connectivity index (χ3n) is 3.88. The molecule has 148 valence electrons. The fourth-order valence-corrected chi connectivity index (χ4v) is 2.58. The van der Waals surface area contributed by atoms with Crippen LogP contribution in [-0.4, -0.2) is 56.4 Å². The molecule has 10 heteroatoms. The summed E-state index contributed by atoms with van der Waals surface area (Å²) in [5, 5.41) is 13.9. The Balaban J connectivity index is 2.03. The highest BCUT2D eigenvalue weighted by atomic mass is 16.6. The van der Waals surface area contributed by atoms with Crippen LogP contribution in [0.2, 0.25) is 0 Å². The van der Waals surface area contributed by atoms with Crippen molar-refractivity contribution in [3.05, 3.63) is 27.8 Å². The molecule has 1 aliphatic rings. The minimum atomic E-state index is -1.00. The van der Waals surface area contributed by atoms with Crippen LogP contribution in [0.3, 0.4) is 0 Å². The van der Waals surface area contributed by atoms with Crippen LogP contribution < -0.4 is 14.8 Å². The van der Waals surface area contributed by atoms with Gasteiger partial charge in [0.05, 0.1) is 30.8 Å². The van der Waals surface area contributed by atoms with E-state index in [1.54, 1.807) is 6.92 Å². The van der Waals surface area contributed by atoms with Crippen LogP contribution in [0.5, 0.6) is 11.5 Å². The van der Waals surface area contributed by atoms with E-state index in [4.69, 9.17) is 18.9 Å². The van der Waals surface area contributed by atoms with Crippen molar-refractivity contribution in [2.24, 2.45) is 0 Å². The summed E-state index contributed by atoms with van der Waals surface area (Å²) < 4.78 is 20.7. The van der Waals surface area contributed by atoms with Crippen molar-refractivity contribution in [3.63, 3.8) is 0 Å². The zero-order chi connectivity index (χ0) is 19.8. The largest absolute Gasteiger partial charge is 0.493 e. The van der Waals surface area contributed by atoms with Crippen molar-refractivity contribution in [2.75, 3.05) is 33.5 Å². The monoisotopic (exact) mass is 382 g/mol. The summed E-state index contributed by atoms with van der Waals surface area (Å²) >= 11 is 0. The molecule has 10 nitrogen and oxygen atoms in total. The summed E-state index contributed by atoms with van der Waals surface area (Å²) in [6.07, 6.45) is 1.76. The second kappa shape index (κ2) is 9.72. The summed E-state index contributed by atoms with van der Waals surface area (Å²) in [4.78, 5) is 34.6. The van der Waals surface area contributed by atoms with Gasteiger partial charge in [-0.3, -0.25) is 14.9 Å². The quantitative estimate of drug-likeness (QED) is 0.386. The average molecular weight is 382 g/mol. The predicted molar refractivity (Wildman–Crippen MR) is 93.1 cm³/mol. The van der Waals surface area contributed by atoms with Crippen molar-refractivity contribution in [1.82, 2.24) is 5.32 Å². The fraction of sp³-hybridized carbons (Fsp3) is 0.529. The zero-order valence-corrected chi connectivity index (χ0v) is 15.2. The highest BCUT2D eigenvalue weighted by Gasteiger charge is 2.26. The normalized spacial score (nSPS) is 15.9. The van der Waals surface area contributed by atoms with Gasteiger partial charge in [0.15, 0.2) is 18.1 Å². The summed E-state index contributed by atoms with van der Waals surface area (Å²) in [6, 6.07) is 2.26. The number of methoxy groups -OCH3 is 1. The summed E-state index contributed by atoms with van der Waals surface area (Å²) in [5.41, 5.74) is -0.823. The topological polar surface area (TPSA) is 126 Å². The van der Waals surface area contributed by atoms with Gasteiger partial charge in [0.1, 0.15) is 5.56 Å².